The topological polar surface area (TPSA) is 91.4 Å². The van der Waals surface area contributed by atoms with Crippen LogP contribution in [-0.2, 0) is 28.6 Å². The van der Waals surface area contributed by atoms with Crippen molar-refractivity contribution in [3.05, 3.63) is 30.3 Å². The van der Waals surface area contributed by atoms with Gasteiger partial charge in [0.2, 0.25) is 0 Å². The number of esters is 3. The number of carbonyl (C=O) groups excluding carboxylic acids is 3. The Labute approximate surface area is 258 Å². The third-order valence-electron chi connectivity index (χ3n) is 9.89. The van der Waals surface area contributed by atoms with Crippen molar-refractivity contribution in [2.75, 3.05) is 40.5 Å². The summed E-state index contributed by atoms with van der Waals surface area (Å²) in [6, 6.07) is 9.36. The summed E-state index contributed by atoms with van der Waals surface area (Å²) >= 11 is 0. The summed E-state index contributed by atoms with van der Waals surface area (Å²) in [6.07, 6.45) is 6.97. The Morgan fingerprint density at radius 1 is 0.860 bits per heavy atom. The molecule has 8 nitrogen and oxygen atoms in total. The van der Waals surface area contributed by atoms with Crippen LogP contribution in [0.15, 0.2) is 30.3 Å². The van der Waals surface area contributed by atoms with Crippen LogP contribution in [0.5, 0.6) is 5.75 Å². The second-order valence-electron chi connectivity index (χ2n) is 14.5. The van der Waals surface area contributed by atoms with Gasteiger partial charge in [-0.2, -0.15) is 0 Å². The molecule has 2 unspecified atom stereocenters. The van der Waals surface area contributed by atoms with Gasteiger partial charge in [0.05, 0.1) is 16.7 Å². The highest BCUT2D eigenvalue weighted by atomic mass is 16.6. The Hall–Kier alpha value is -2.61. The SMILES string of the molecule is CCC(CC(C)(CC(C)(C)C(=O)OCCN(C)C)C(=O)OCCOc1ccccc1)C(=O)OC1C2CC3CC(C2)CC1C3. The fourth-order valence-corrected chi connectivity index (χ4v) is 8.01. The van der Waals surface area contributed by atoms with Crippen molar-refractivity contribution >= 4 is 17.9 Å². The van der Waals surface area contributed by atoms with Gasteiger partial charge in [0.1, 0.15) is 31.7 Å². The molecule has 4 bridgehead atoms. The minimum absolute atomic E-state index is 0.00851. The van der Waals surface area contributed by atoms with Gasteiger partial charge in [-0.1, -0.05) is 25.1 Å². The third kappa shape index (κ3) is 8.74. The summed E-state index contributed by atoms with van der Waals surface area (Å²) in [5, 5.41) is 0. The summed E-state index contributed by atoms with van der Waals surface area (Å²) < 4.78 is 23.3. The fraction of sp³-hybridized carbons (Fsp3) is 0.743. The molecule has 43 heavy (non-hydrogen) atoms. The van der Waals surface area contributed by atoms with E-state index in [0.29, 0.717) is 30.6 Å². The molecule has 8 heteroatoms. The molecule has 5 rings (SSSR count). The van der Waals surface area contributed by atoms with Gasteiger partial charge in [-0.05, 0) is 122 Å². The number of ether oxygens (including phenoxy) is 4. The lowest BCUT2D eigenvalue weighted by molar-refractivity contribution is -0.178. The Balaban J connectivity index is 1.43. The van der Waals surface area contributed by atoms with Crippen LogP contribution in [0.25, 0.3) is 0 Å². The predicted molar refractivity (Wildman–Crippen MR) is 164 cm³/mol. The molecule has 4 fully saturated rings. The van der Waals surface area contributed by atoms with Crippen LogP contribution in [0.1, 0.15) is 79.1 Å². The molecule has 4 saturated carbocycles. The van der Waals surface area contributed by atoms with Crippen LogP contribution in [-0.4, -0.2) is 69.4 Å². The minimum Gasteiger partial charge on any atom is -0.490 e. The lowest BCUT2D eigenvalue weighted by Crippen LogP contribution is -2.50. The van der Waals surface area contributed by atoms with E-state index in [0.717, 1.165) is 11.8 Å². The molecule has 0 radical (unpaired) electrons. The van der Waals surface area contributed by atoms with Crippen molar-refractivity contribution in [3.63, 3.8) is 0 Å². The summed E-state index contributed by atoms with van der Waals surface area (Å²) in [4.78, 5) is 42.6. The van der Waals surface area contributed by atoms with Crippen LogP contribution >= 0.6 is 0 Å². The van der Waals surface area contributed by atoms with E-state index >= 15 is 0 Å². The molecule has 0 amide bonds. The van der Waals surface area contributed by atoms with E-state index in [9.17, 15) is 14.4 Å². The average molecular weight is 600 g/mol. The van der Waals surface area contributed by atoms with E-state index in [1.54, 1.807) is 20.8 Å². The zero-order chi connectivity index (χ0) is 31.2. The van der Waals surface area contributed by atoms with Crippen LogP contribution in [0.4, 0.5) is 0 Å². The number of nitrogens with zero attached hydrogens (tertiary/aromatic N) is 1. The highest BCUT2D eigenvalue weighted by molar-refractivity contribution is 5.81. The second-order valence-corrected chi connectivity index (χ2v) is 14.5. The predicted octanol–water partition coefficient (Wildman–Crippen LogP) is 5.92. The highest BCUT2D eigenvalue weighted by Crippen LogP contribution is 2.55. The number of hydrogen-bond acceptors (Lipinski definition) is 8. The van der Waals surface area contributed by atoms with Crippen LogP contribution in [0, 0.1) is 40.4 Å². The van der Waals surface area contributed by atoms with Gasteiger partial charge in [-0.3, -0.25) is 14.4 Å². The Morgan fingerprint density at radius 2 is 1.47 bits per heavy atom. The zero-order valence-corrected chi connectivity index (χ0v) is 27.1. The average Bonchev–Trinajstić information content (AvgIpc) is 2.95. The monoisotopic (exact) mass is 599 g/mol. The number of hydrogen-bond donors (Lipinski definition) is 0. The molecular formula is C35H53NO7. The molecular weight excluding hydrogens is 546 g/mol. The second kappa shape index (κ2) is 14.4. The van der Waals surface area contributed by atoms with Gasteiger partial charge in [0.25, 0.3) is 0 Å². The Kier molecular flexibility index (Phi) is 11.2. The molecule has 4 aliphatic rings. The lowest BCUT2D eigenvalue weighted by Gasteiger charge is -2.53. The van der Waals surface area contributed by atoms with Gasteiger partial charge in [-0.25, -0.2) is 0 Å². The quantitative estimate of drug-likeness (QED) is 0.131. The maximum Gasteiger partial charge on any atom is 0.311 e. The first kappa shape index (κ1) is 33.3. The molecule has 0 heterocycles. The normalized spacial score (nSPS) is 26.4. The van der Waals surface area contributed by atoms with Crippen molar-refractivity contribution in [2.45, 2.75) is 85.2 Å². The van der Waals surface area contributed by atoms with E-state index in [4.69, 9.17) is 18.9 Å². The summed E-state index contributed by atoms with van der Waals surface area (Å²) in [5.74, 6) is 1.70. The third-order valence-corrected chi connectivity index (χ3v) is 9.89. The first-order chi connectivity index (χ1) is 20.4. The van der Waals surface area contributed by atoms with Crippen LogP contribution in [0.3, 0.4) is 0 Å². The van der Waals surface area contributed by atoms with E-state index in [2.05, 4.69) is 0 Å². The number of likely N-dealkylation sites (N-methyl/N-ethyl adjacent to an activating group) is 1. The van der Waals surface area contributed by atoms with Crippen LogP contribution < -0.4 is 4.74 Å². The number of benzene rings is 1. The van der Waals surface area contributed by atoms with Crippen molar-refractivity contribution in [1.82, 2.24) is 4.90 Å². The molecule has 2 atom stereocenters. The van der Waals surface area contributed by atoms with Gasteiger partial charge in [0, 0.05) is 6.54 Å². The molecule has 0 N–H and O–H groups in total. The molecule has 1 aromatic rings. The number of para-hydroxylation sites is 1. The van der Waals surface area contributed by atoms with Crippen molar-refractivity contribution < 1.29 is 33.3 Å². The van der Waals surface area contributed by atoms with E-state index in [1.165, 1.54) is 32.1 Å². The summed E-state index contributed by atoms with van der Waals surface area (Å²) in [5.41, 5.74) is -2.08. The Bertz CT molecular complexity index is 1060. The number of carbonyl (C=O) groups is 3. The van der Waals surface area contributed by atoms with E-state index in [1.807, 2.05) is 56.3 Å². The number of rotatable bonds is 16. The smallest absolute Gasteiger partial charge is 0.311 e. The maximum atomic E-state index is 13.8. The summed E-state index contributed by atoms with van der Waals surface area (Å²) in [7, 11) is 3.83. The first-order valence-corrected chi connectivity index (χ1v) is 16.3. The standard InChI is InChI=1S/C35H53NO7/c1-7-26(31(37)43-30-27-18-24-17-25(20-27)21-28(30)19-24)22-35(4,23-34(2,3)32(38)41-14-13-36(5)6)33(39)42-16-15-40-29-11-9-8-10-12-29/h8-12,24-28,30H,7,13-23H2,1-6H3. The molecule has 240 valence electrons. The molecule has 1 aromatic carbocycles. The van der Waals surface area contributed by atoms with Crippen molar-refractivity contribution in [3.8, 4) is 5.75 Å². The van der Waals surface area contributed by atoms with E-state index in [-0.39, 0.29) is 50.7 Å². The molecule has 0 spiro atoms. The van der Waals surface area contributed by atoms with Gasteiger partial charge in [-0.15, -0.1) is 0 Å². The molecule has 4 aliphatic carbocycles. The lowest BCUT2D eigenvalue weighted by atomic mass is 9.55. The molecule has 0 aliphatic heterocycles. The van der Waals surface area contributed by atoms with E-state index < -0.39 is 22.7 Å². The zero-order valence-electron chi connectivity index (χ0n) is 27.1. The first-order valence-electron chi connectivity index (χ1n) is 16.3. The largest absolute Gasteiger partial charge is 0.490 e. The molecule has 0 aromatic heterocycles. The van der Waals surface area contributed by atoms with Crippen molar-refractivity contribution in [2.24, 2.45) is 40.4 Å². The van der Waals surface area contributed by atoms with Gasteiger partial charge >= 0.3 is 17.9 Å². The highest BCUT2D eigenvalue weighted by Gasteiger charge is 2.51. The maximum absolute atomic E-state index is 13.8. The Morgan fingerprint density at radius 3 is 2.05 bits per heavy atom. The fourth-order valence-electron chi connectivity index (χ4n) is 8.01. The minimum atomic E-state index is -1.11. The van der Waals surface area contributed by atoms with Gasteiger partial charge < -0.3 is 23.8 Å². The van der Waals surface area contributed by atoms with Crippen molar-refractivity contribution in [1.29, 1.82) is 0 Å². The summed E-state index contributed by atoms with van der Waals surface area (Å²) in [6.45, 7) is 8.49. The van der Waals surface area contributed by atoms with Gasteiger partial charge in [0.15, 0.2) is 0 Å². The van der Waals surface area contributed by atoms with Crippen LogP contribution in [0.2, 0.25) is 0 Å². The molecule has 0 saturated heterocycles.